The summed E-state index contributed by atoms with van der Waals surface area (Å²) in [6.07, 6.45) is 4.74. The number of carbonyl (C=O) groups is 1. The van der Waals surface area contributed by atoms with Gasteiger partial charge in [0.2, 0.25) is 5.43 Å². The molecule has 0 aromatic carbocycles. The zero-order valence-corrected chi connectivity index (χ0v) is 13.9. The van der Waals surface area contributed by atoms with E-state index >= 15 is 0 Å². The first-order chi connectivity index (χ1) is 11.0. The smallest absolute Gasteiger partial charge is 0.257 e. The minimum absolute atomic E-state index is 0.166. The number of aromatic nitrogens is 1. The number of carbonyl (C=O) groups excluding carboxylic acids is 1. The number of nitrogens with one attached hydrogen (secondary N) is 1. The maximum atomic E-state index is 12.6. The van der Waals surface area contributed by atoms with Crippen molar-refractivity contribution in [3.63, 3.8) is 0 Å². The average molecular weight is 318 g/mol. The van der Waals surface area contributed by atoms with Gasteiger partial charge in [0.25, 0.3) is 5.91 Å². The molecule has 0 saturated carbocycles. The van der Waals surface area contributed by atoms with E-state index in [1.54, 1.807) is 26.2 Å². The number of pyridine rings is 1. The topological polar surface area (TPSA) is 75.5 Å². The number of ether oxygens (including phenoxy) is 1. The molecule has 23 heavy (non-hydrogen) atoms. The molecule has 2 aromatic rings. The highest BCUT2D eigenvalue weighted by atomic mass is 16.5. The summed E-state index contributed by atoms with van der Waals surface area (Å²) in [6, 6.07) is 1.67. The number of aromatic amines is 1. The van der Waals surface area contributed by atoms with E-state index < -0.39 is 0 Å². The van der Waals surface area contributed by atoms with Gasteiger partial charge < -0.3 is 19.0 Å². The molecular weight excluding hydrogens is 296 g/mol. The number of H-pyrrole nitrogens is 1. The van der Waals surface area contributed by atoms with Gasteiger partial charge in [-0.3, -0.25) is 9.59 Å². The summed E-state index contributed by atoms with van der Waals surface area (Å²) < 4.78 is 10.5. The molecule has 0 aliphatic rings. The molecule has 0 radical (unpaired) electrons. The summed E-state index contributed by atoms with van der Waals surface area (Å²) in [5.74, 6) is 0.791. The fourth-order valence-corrected chi connectivity index (χ4v) is 2.49. The molecule has 0 saturated heterocycles. The summed E-state index contributed by atoms with van der Waals surface area (Å²) in [5.41, 5.74) is 1.48. The summed E-state index contributed by atoms with van der Waals surface area (Å²) in [4.78, 5) is 29.4. The van der Waals surface area contributed by atoms with Crippen LogP contribution in [0.5, 0.6) is 5.75 Å². The summed E-state index contributed by atoms with van der Waals surface area (Å²) in [5, 5.41) is 0. The largest absolute Gasteiger partial charge is 0.491 e. The Balaban J connectivity index is 2.22. The monoisotopic (exact) mass is 318 g/mol. The van der Waals surface area contributed by atoms with Gasteiger partial charge in [0.05, 0.1) is 31.2 Å². The molecule has 1 N–H and O–H groups in total. The lowest BCUT2D eigenvalue weighted by molar-refractivity contribution is 0.0782. The Bertz CT molecular complexity index is 745. The van der Waals surface area contributed by atoms with Crippen molar-refractivity contribution < 1.29 is 13.9 Å². The first-order valence-corrected chi connectivity index (χ1v) is 7.56. The Hall–Kier alpha value is -2.50. The van der Waals surface area contributed by atoms with E-state index in [1.165, 1.54) is 18.3 Å². The molecule has 2 aromatic heterocycles. The molecule has 0 aliphatic heterocycles. The van der Waals surface area contributed by atoms with Crippen LogP contribution in [0.3, 0.4) is 0 Å². The molecule has 6 nitrogen and oxygen atoms in total. The summed E-state index contributed by atoms with van der Waals surface area (Å²) >= 11 is 0. The second kappa shape index (κ2) is 7.17. The van der Waals surface area contributed by atoms with E-state index in [0.29, 0.717) is 29.0 Å². The number of aryl methyl sites for hydroxylation is 2. The van der Waals surface area contributed by atoms with E-state index in [4.69, 9.17) is 9.15 Å². The Labute approximate surface area is 135 Å². The molecule has 124 valence electrons. The van der Waals surface area contributed by atoms with Crippen LogP contribution in [0.2, 0.25) is 0 Å². The molecule has 0 atom stereocenters. The van der Waals surface area contributed by atoms with Crippen molar-refractivity contribution >= 4 is 5.91 Å². The van der Waals surface area contributed by atoms with Crippen molar-refractivity contribution in [2.75, 3.05) is 14.2 Å². The highest BCUT2D eigenvalue weighted by Gasteiger charge is 2.20. The van der Waals surface area contributed by atoms with E-state index in [2.05, 4.69) is 4.98 Å². The van der Waals surface area contributed by atoms with E-state index in [-0.39, 0.29) is 23.6 Å². The third-order valence-electron chi connectivity index (χ3n) is 3.71. The Morgan fingerprint density at radius 2 is 2.17 bits per heavy atom. The zero-order valence-electron chi connectivity index (χ0n) is 13.9. The highest BCUT2D eigenvalue weighted by molar-refractivity contribution is 5.95. The van der Waals surface area contributed by atoms with Crippen molar-refractivity contribution in [3.05, 3.63) is 51.3 Å². The third kappa shape index (κ3) is 3.47. The van der Waals surface area contributed by atoms with Crippen LogP contribution in [0.4, 0.5) is 0 Å². The number of methoxy groups -OCH3 is 1. The SMILES string of the molecule is CCCc1occc1C(=O)N(C)Cc1c[nH]c(C)c(OC)c1=O. The minimum Gasteiger partial charge on any atom is -0.491 e. The van der Waals surface area contributed by atoms with Gasteiger partial charge in [-0.15, -0.1) is 0 Å². The second-order valence-electron chi connectivity index (χ2n) is 5.47. The maximum absolute atomic E-state index is 12.6. The van der Waals surface area contributed by atoms with Crippen LogP contribution in [0, 0.1) is 6.92 Å². The molecule has 0 aliphatic carbocycles. The predicted molar refractivity (Wildman–Crippen MR) is 86.9 cm³/mol. The molecule has 2 rings (SSSR count). The zero-order chi connectivity index (χ0) is 17.0. The predicted octanol–water partition coefficient (Wildman–Crippen LogP) is 2.51. The van der Waals surface area contributed by atoms with Gasteiger partial charge in [-0.05, 0) is 19.4 Å². The Kier molecular flexibility index (Phi) is 5.26. The number of rotatable bonds is 6. The lowest BCUT2D eigenvalue weighted by atomic mass is 10.1. The lowest BCUT2D eigenvalue weighted by Gasteiger charge is -2.17. The minimum atomic E-state index is -0.204. The van der Waals surface area contributed by atoms with Crippen molar-refractivity contribution in [2.45, 2.75) is 33.2 Å². The van der Waals surface area contributed by atoms with E-state index in [1.807, 2.05) is 6.92 Å². The van der Waals surface area contributed by atoms with Gasteiger partial charge in [-0.2, -0.15) is 0 Å². The number of hydrogen-bond donors (Lipinski definition) is 1. The van der Waals surface area contributed by atoms with Crippen LogP contribution in [-0.4, -0.2) is 29.9 Å². The van der Waals surface area contributed by atoms with Gasteiger partial charge in [0.15, 0.2) is 5.75 Å². The molecule has 2 heterocycles. The molecule has 1 amide bonds. The van der Waals surface area contributed by atoms with Crippen LogP contribution in [0.1, 0.15) is 40.7 Å². The fourth-order valence-electron chi connectivity index (χ4n) is 2.49. The third-order valence-corrected chi connectivity index (χ3v) is 3.71. The Morgan fingerprint density at radius 3 is 2.83 bits per heavy atom. The lowest BCUT2D eigenvalue weighted by Crippen LogP contribution is -2.29. The van der Waals surface area contributed by atoms with Crippen LogP contribution < -0.4 is 10.2 Å². The maximum Gasteiger partial charge on any atom is 0.257 e. The van der Waals surface area contributed by atoms with Crippen LogP contribution >= 0.6 is 0 Å². The number of nitrogens with zero attached hydrogens (tertiary/aromatic N) is 1. The molecule has 0 bridgehead atoms. The van der Waals surface area contributed by atoms with Crippen LogP contribution in [0.15, 0.2) is 27.7 Å². The van der Waals surface area contributed by atoms with Crippen molar-refractivity contribution in [1.82, 2.24) is 9.88 Å². The first-order valence-electron chi connectivity index (χ1n) is 7.56. The number of amides is 1. The number of furan rings is 1. The fraction of sp³-hybridized carbons (Fsp3) is 0.412. The normalized spacial score (nSPS) is 10.6. The van der Waals surface area contributed by atoms with E-state index in [9.17, 15) is 9.59 Å². The summed E-state index contributed by atoms with van der Waals surface area (Å²) in [7, 11) is 3.12. The molecule has 6 heteroatoms. The van der Waals surface area contributed by atoms with Crippen LogP contribution in [0.25, 0.3) is 0 Å². The summed E-state index contributed by atoms with van der Waals surface area (Å²) in [6.45, 7) is 3.99. The average Bonchev–Trinajstić information content (AvgIpc) is 2.98. The van der Waals surface area contributed by atoms with Gasteiger partial charge in [-0.25, -0.2) is 0 Å². The Morgan fingerprint density at radius 1 is 1.43 bits per heavy atom. The number of hydrogen-bond acceptors (Lipinski definition) is 4. The second-order valence-corrected chi connectivity index (χ2v) is 5.47. The first kappa shape index (κ1) is 16.9. The van der Waals surface area contributed by atoms with Gasteiger partial charge >= 0.3 is 0 Å². The molecule has 0 unspecified atom stereocenters. The highest BCUT2D eigenvalue weighted by Crippen LogP contribution is 2.16. The van der Waals surface area contributed by atoms with Crippen molar-refractivity contribution in [1.29, 1.82) is 0 Å². The van der Waals surface area contributed by atoms with Gasteiger partial charge in [-0.1, -0.05) is 6.92 Å². The molecular formula is C17H22N2O4. The van der Waals surface area contributed by atoms with E-state index in [0.717, 1.165) is 6.42 Å². The quantitative estimate of drug-likeness (QED) is 0.888. The van der Waals surface area contributed by atoms with Gasteiger partial charge in [0, 0.05) is 25.2 Å². The standard InChI is InChI=1S/C17H22N2O4/c1-5-6-14-13(7-8-23-14)17(21)19(3)10-12-9-18-11(2)16(22-4)15(12)20/h7-9H,5-6,10H2,1-4H3,(H,18,20). The van der Waals surface area contributed by atoms with Gasteiger partial charge in [0.1, 0.15) is 5.76 Å². The molecule has 0 spiro atoms. The van der Waals surface area contributed by atoms with Crippen molar-refractivity contribution in [3.8, 4) is 5.75 Å². The van der Waals surface area contributed by atoms with Crippen molar-refractivity contribution in [2.24, 2.45) is 0 Å². The molecule has 0 fully saturated rings. The van der Waals surface area contributed by atoms with Crippen LogP contribution in [-0.2, 0) is 13.0 Å².